The van der Waals surface area contributed by atoms with Crippen molar-refractivity contribution in [1.29, 1.82) is 0 Å². The number of aryl methyl sites for hydroxylation is 2. The smallest absolute Gasteiger partial charge is 0.271 e. The van der Waals surface area contributed by atoms with Crippen LogP contribution in [0, 0.1) is 13.8 Å². The molecule has 1 fully saturated rings. The molecule has 1 N–H and O–H groups in total. The molecule has 0 atom stereocenters. The zero-order valence-electron chi connectivity index (χ0n) is 15.2. The first-order valence-corrected chi connectivity index (χ1v) is 11.3. The van der Waals surface area contributed by atoms with Gasteiger partial charge in [0.15, 0.2) is 0 Å². The van der Waals surface area contributed by atoms with E-state index in [1.807, 2.05) is 32.0 Å². The number of para-hydroxylation sites is 1. The highest BCUT2D eigenvalue weighted by molar-refractivity contribution is 7.94. The van der Waals surface area contributed by atoms with Crippen LogP contribution >= 0.6 is 11.3 Å². The van der Waals surface area contributed by atoms with Gasteiger partial charge in [-0.3, -0.25) is 4.72 Å². The normalized spacial score (nSPS) is 15.3. The van der Waals surface area contributed by atoms with Gasteiger partial charge in [-0.25, -0.2) is 8.42 Å². The fraction of sp³-hybridized carbons (Fsp3) is 0.368. The third-order valence-electron chi connectivity index (χ3n) is 4.96. The van der Waals surface area contributed by atoms with Crippen molar-refractivity contribution in [3.05, 3.63) is 46.7 Å². The summed E-state index contributed by atoms with van der Waals surface area (Å²) in [6, 6.07) is 7.27. The second kappa shape index (κ2) is 7.09. The number of hydrogen-bond acceptors (Lipinski definition) is 6. The minimum Gasteiger partial charge on any atom is -0.339 e. The van der Waals surface area contributed by atoms with Gasteiger partial charge in [0, 0.05) is 16.9 Å². The van der Waals surface area contributed by atoms with Crippen LogP contribution in [0.25, 0.3) is 11.4 Å². The fourth-order valence-corrected chi connectivity index (χ4v) is 5.79. The number of rotatable bonds is 5. The summed E-state index contributed by atoms with van der Waals surface area (Å²) in [7, 11) is -3.67. The number of sulfonamides is 1. The molecule has 27 heavy (non-hydrogen) atoms. The largest absolute Gasteiger partial charge is 0.339 e. The Morgan fingerprint density at radius 3 is 2.59 bits per heavy atom. The monoisotopic (exact) mass is 403 g/mol. The van der Waals surface area contributed by atoms with Crippen LogP contribution in [0.15, 0.2) is 38.4 Å². The van der Waals surface area contributed by atoms with Gasteiger partial charge in [-0.05, 0) is 43.9 Å². The molecule has 1 saturated carbocycles. The number of anilines is 1. The lowest BCUT2D eigenvalue weighted by Crippen LogP contribution is -2.13. The number of aromatic nitrogens is 2. The molecular formula is C19H21N3O3S2. The molecule has 2 heterocycles. The summed E-state index contributed by atoms with van der Waals surface area (Å²) in [6.07, 6.45) is 4.52. The Morgan fingerprint density at radius 2 is 1.89 bits per heavy atom. The molecule has 0 spiro atoms. The molecule has 0 aliphatic heterocycles. The van der Waals surface area contributed by atoms with Crippen LogP contribution in [0.4, 0.5) is 5.69 Å². The molecule has 2 aromatic heterocycles. The van der Waals surface area contributed by atoms with Gasteiger partial charge in [0.1, 0.15) is 4.21 Å². The van der Waals surface area contributed by atoms with Crippen LogP contribution in [0.2, 0.25) is 0 Å². The molecule has 1 aliphatic carbocycles. The highest BCUT2D eigenvalue weighted by Gasteiger charge is 2.25. The van der Waals surface area contributed by atoms with Crippen LogP contribution < -0.4 is 4.72 Å². The van der Waals surface area contributed by atoms with Crippen LogP contribution in [0.1, 0.15) is 48.6 Å². The van der Waals surface area contributed by atoms with E-state index in [2.05, 4.69) is 14.9 Å². The maximum Gasteiger partial charge on any atom is 0.271 e. The Kier molecular flexibility index (Phi) is 4.77. The summed E-state index contributed by atoms with van der Waals surface area (Å²) in [5, 5.41) is 5.80. The first-order chi connectivity index (χ1) is 12.9. The number of nitrogens with one attached hydrogen (secondary N) is 1. The molecule has 1 aliphatic rings. The third-order valence-corrected chi connectivity index (χ3v) is 7.75. The molecule has 0 radical (unpaired) electrons. The van der Waals surface area contributed by atoms with Crippen molar-refractivity contribution >= 4 is 27.0 Å². The van der Waals surface area contributed by atoms with Crippen molar-refractivity contribution in [1.82, 2.24) is 10.1 Å². The molecule has 0 saturated heterocycles. The van der Waals surface area contributed by atoms with Crippen LogP contribution in [0.3, 0.4) is 0 Å². The lowest BCUT2D eigenvalue weighted by molar-refractivity contribution is 0.354. The quantitative estimate of drug-likeness (QED) is 0.657. The summed E-state index contributed by atoms with van der Waals surface area (Å²) in [4.78, 5) is 4.48. The van der Waals surface area contributed by atoms with Crippen LogP contribution in [0.5, 0.6) is 0 Å². The van der Waals surface area contributed by atoms with E-state index in [0.29, 0.717) is 28.9 Å². The molecule has 4 rings (SSSR count). The Hall–Kier alpha value is -2.19. The molecule has 0 amide bonds. The van der Waals surface area contributed by atoms with Crippen LogP contribution in [-0.2, 0) is 10.0 Å². The fourth-order valence-electron chi connectivity index (χ4n) is 3.43. The first-order valence-electron chi connectivity index (χ1n) is 8.95. The summed E-state index contributed by atoms with van der Waals surface area (Å²) < 4.78 is 33.9. The predicted octanol–water partition coefficient (Wildman–Crippen LogP) is 4.87. The molecule has 3 aromatic rings. The molecule has 0 unspecified atom stereocenters. The van der Waals surface area contributed by atoms with E-state index in [1.54, 1.807) is 11.4 Å². The number of benzene rings is 1. The van der Waals surface area contributed by atoms with Gasteiger partial charge in [0.05, 0.1) is 5.69 Å². The van der Waals surface area contributed by atoms with Gasteiger partial charge in [-0.1, -0.05) is 36.2 Å². The molecule has 8 heteroatoms. The summed E-state index contributed by atoms with van der Waals surface area (Å²) in [5.74, 6) is 1.44. The van der Waals surface area contributed by atoms with Gasteiger partial charge in [0.25, 0.3) is 10.0 Å². The summed E-state index contributed by atoms with van der Waals surface area (Å²) in [5.41, 5.74) is 3.05. The highest BCUT2D eigenvalue weighted by Crippen LogP contribution is 2.35. The second-order valence-corrected chi connectivity index (χ2v) is 9.78. The molecule has 142 valence electrons. The van der Waals surface area contributed by atoms with Crippen molar-refractivity contribution in [2.24, 2.45) is 0 Å². The van der Waals surface area contributed by atoms with E-state index < -0.39 is 10.0 Å². The van der Waals surface area contributed by atoms with Gasteiger partial charge < -0.3 is 4.52 Å². The van der Waals surface area contributed by atoms with Crippen LogP contribution in [-0.4, -0.2) is 18.6 Å². The number of thiophene rings is 1. The third kappa shape index (κ3) is 3.64. The van der Waals surface area contributed by atoms with E-state index in [4.69, 9.17) is 4.52 Å². The lowest BCUT2D eigenvalue weighted by Gasteiger charge is -2.11. The summed E-state index contributed by atoms with van der Waals surface area (Å²) in [6.45, 7) is 3.77. The minimum atomic E-state index is -3.67. The van der Waals surface area contributed by atoms with Gasteiger partial charge in [0.2, 0.25) is 11.7 Å². The lowest BCUT2D eigenvalue weighted by atomic mass is 10.1. The number of nitrogens with zero attached hydrogens (tertiary/aromatic N) is 2. The Labute approximate surface area is 162 Å². The van der Waals surface area contributed by atoms with Crippen molar-refractivity contribution < 1.29 is 12.9 Å². The maximum absolute atomic E-state index is 12.8. The molecule has 6 nitrogen and oxygen atoms in total. The standard InChI is InChI=1S/C19H21N3O3S2/c1-12-6-5-7-13(2)17(12)22-27(23,24)16-10-15(11-26-16)18-20-19(25-21-18)14-8-3-4-9-14/h5-7,10-11,14,22H,3-4,8-9H2,1-2H3. The van der Waals surface area contributed by atoms with E-state index >= 15 is 0 Å². The van der Waals surface area contributed by atoms with Gasteiger partial charge >= 0.3 is 0 Å². The zero-order valence-corrected chi connectivity index (χ0v) is 16.9. The van der Waals surface area contributed by atoms with E-state index in [1.165, 1.54) is 12.8 Å². The minimum absolute atomic E-state index is 0.229. The Bertz CT molecular complexity index is 1040. The Balaban J connectivity index is 1.58. The van der Waals surface area contributed by atoms with Crippen molar-refractivity contribution in [3.8, 4) is 11.4 Å². The average Bonchev–Trinajstić information content (AvgIpc) is 3.38. The number of hydrogen-bond donors (Lipinski definition) is 1. The van der Waals surface area contributed by atoms with E-state index in [9.17, 15) is 8.42 Å². The second-order valence-electron chi connectivity index (χ2n) is 6.96. The predicted molar refractivity (Wildman–Crippen MR) is 106 cm³/mol. The summed E-state index contributed by atoms with van der Waals surface area (Å²) >= 11 is 1.15. The van der Waals surface area contributed by atoms with Gasteiger partial charge in [-0.2, -0.15) is 4.98 Å². The molecule has 0 bridgehead atoms. The van der Waals surface area contributed by atoms with Gasteiger partial charge in [-0.15, -0.1) is 11.3 Å². The van der Waals surface area contributed by atoms with E-state index in [-0.39, 0.29) is 4.21 Å². The molecular weight excluding hydrogens is 382 g/mol. The van der Waals surface area contributed by atoms with Crippen molar-refractivity contribution in [2.45, 2.75) is 49.7 Å². The highest BCUT2D eigenvalue weighted by atomic mass is 32.2. The first kappa shape index (κ1) is 18.2. The average molecular weight is 404 g/mol. The maximum atomic E-state index is 12.8. The topological polar surface area (TPSA) is 85.1 Å². The zero-order chi connectivity index (χ0) is 19.0. The van der Waals surface area contributed by atoms with E-state index in [0.717, 1.165) is 35.3 Å². The van der Waals surface area contributed by atoms with Crippen molar-refractivity contribution in [2.75, 3.05) is 4.72 Å². The molecule has 1 aromatic carbocycles. The SMILES string of the molecule is Cc1cccc(C)c1NS(=O)(=O)c1cc(-c2noc(C3CCCC3)n2)cs1. The van der Waals surface area contributed by atoms with Crippen molar-refractivity contribution in [3.63, 3.8) is 0 Å². The Morgan fingerprint density at radius 1 is 1.19 bits per heavy atom.